The second kappa shape index (κ2) is 9.05. The lowest BCUT2D eigenvalue weighted by Gasteiger charge is -2.31. The van der Waals surface area contributed by atoms with E-state index in [4.69, 9.17) is 9.47 Å². The number of benzene rings is 1. The number of likely N-dealkylation sites (tertiary alicyclic amines) is 1. The van der Waals surface area contributed by atoms with Gasteiger partial charge in [0.1, 0.15) is 13.2 Å². The van der Waals surface area contributed by atoms with Crippen molar-refractivity contribution in [2.75, 3.05) is 32.9 Å². The number of ether oxygens (including phenoxy) is 3. The summed E-state index contributed by atoms with van der Waals surface area (Å²) in [6.07, 6.45) is -2.24. The number of hydrogen-bond donors (Lipinski definition) is 0. The lowest BCUT2D eigenvalue weighted by Crippen LogP contribution is -2.40. The number of aromatic nitrogens is 1. The first-order chi connectivity index (χ1) is 15.3. The summed E-state index contributed by atoms with van der Waals surface area (Å²) in [5.41, 5.74) is 0.804. The van der Waals surface area contributed by atoms with Crippen molar-refractivity contribution in [2.45, 2.75) is 19.0 Å². The van der Waals surface area contributed by atoms with Crippen LogP contribution in [-0.2, 0) is 0 Å². The summed E-state index contributed by atoms with van der Waals surface area (Å²) in [6.45, 7) is 0.261. The molecule has 0 saturated carbocycles. The van der Waals surface area contributed by atoms with E-state index in [2.05, 4.69) is 9.72 Å². The monoisotopic (exact) mass is 450 g/mol. The average Bonchev–Trinajstić information content (AvgIpc) is 2.81. The first kappa shape index (κ1) is 21.9. The van der Waals surface area contributed by atoms with Gasteiger partial charge >= 0.3 is 6.18 Å². The molecule has 2 aromatic rings. The molecule has 10 heteroatoms. The van der Waals surface area contributed by atoms with Gasteiger partial charge in [-0.15, -0.1) is 0 Å². The molecular weight excluding hydrogens is 429 g/mol. The lowest BCUT2D eigenvalue weighted by molar-refractivity contribution is -0.154. The second-order valence-electron chi connectivity index (χ2n) is 7.58. The minimum atomic E-state index is -4.46. The predicted molar refractivity (Wildman–Crippen MR) is 106 cm³/mol. The van der Waals surface area contributed by atoms with Gasteiger partial charge < -0.3 is 19.1 Å². The fourth-order valence-electron chi connectivity index (χ4n) is 3.71. The summed E-state index contributed by atoms with van der Waals surface area (Å²) >= 11 is 0. The molecule has 0 unspecified atom stereocenters. The fraction of sp³-hybridized carbons (Fsp3) is 0.409. The van der Waals surface area contributed by atoms with Crippen LogP contribution in [0.25, 0.3) is 0 Å². The number of rotatable bonds is 5. The average molecular weight is 450 g/mol. The van der Waals surface area contributed by atoms with Gasteiger partial charge in [-0.3, -0.25) is 9.59 Å². The maximum atomic E-state index is 12.9. The molecule has 1 amide bonds. The molecule has 0 radical (unpaired) electrons. The van der Waals surface area contributed by atoms with Crippen LogP contribution in [0, 0.1) is 5.92 Å². The van der Waals surface area contributed by atoms with Crippen molar-refractivity contribution in [2.24, 2.45) is 5.92 Å². The zero-order valence-corrected chi connectivity index (χ0v) is 17.1. The van der Waals surface area contributed by atoms with Crippen LogP contribution in [0.1, 0.15) is 33.6 Å². The number of pyridine rings is 1. The highest BCUT2D eigenvalue weighted by Gasteiger charge is 2.30. The number of ketones is 1. The summed E-state index contributed by atoms with van der Waals surface area (Å²) in [5.74, 6) is 0.481. The van der Waals surface area contributed by atoms with Crippen molar-refractivity contribution in [3.8, 4) is 17.4 Å². The van der Waals surface area contributed by atoms with Gasteiger partial charge in [0.05, 0.1) is 5.56 Å². The molecule has 0 spiro atoms. The molecule has 2 aliphatic rings. The van der Waals surface area contributed by atoms with Crippen molar-refractivity contribution in [1.82, 2.24) is 9.88 Å². The van der Waals surface area contributed by atoms with Crippen molar-refractivity contribution < 1.29 is 37.0 Å². The maximum Gasteiger partial charge on any atom is 0.422 e. The van der Waals surface area contributed by atoms with Gasteiger partial charge in [0.2, 0.25) is 5.88 Å². The van der Waals surface area contributed by atoms with Crippen LogP contribution < -0.4 is 14.2 Å². The summed E-state index contributed by atoms with van der Waals surface area (Å²) in [7, 11) is 0. The Labute approximate surface area is 182 Å². The molecule has 0 aliphatic carbocycles. The third-order valence-corrected chi connectivity index (χ3v) is 5.35. The molecule has 1 fully saturated rings. The molecule has 2 aliphatic heterocycles. The first-order valence-corrected chi connectivity index (χ1v) is 10.2. The molecule has 1 saturated heterocycles. The molecular formula is C22H21F3N2O5. The Bertz CT molecular complexity index is 986. The highest BCUT2D eigenvalue weighted by atomic mass is 19.4. The van der Waals surface area contributed by atoms with Crippen molar-refractivity contribution in [3.05, 3.63) is 47.7 Å². The van der Waals surface area contributed by atoms with Crippen LogP contribution in [-0.4, -0.2) is 60.7 Å². The molecule has 0 atom stereocenters. The Morgan fingerprint density at radius 1 is 1.03 bits per heavy atom. The van der Waals surface area contributed by atoms with E-state index in [0.717, 1.165) is 0 Å². The minimum absolute atomic E-state index is 0.00176. The van der Waals surface area contributed by atoms with E-state index in [-0.39, 0.29) is 29.1 Å². The first-order valence-electron chi connectivity index (χ1n) is 10.2. The van der Waals surface area contributed by atoms with Crippen LogP contribution >= 0.6 is 0 Å². The van der Waals surface area contributed by atoms with E-state index in [1.165, 1.54) is 18.3 Å². The number of piperidine rings is 1. The zero-order valence-electron chi connectivity index (χ0n) is 17.1. The van der Waals surface area contributed by atoms with Crippen molar-refractivity contribution in [3.63, 3.8) is 0 Å². The van der Waals surface area contributed by atoms with Crippen LogP contribution in [0.4, 0.5) is 13.2 Å². The summed E-state index contributed by atoms with van der Waals surface area (Å²) in [5, 5.41) is 0. The normalized spacial score (nSPS) is 16.5. The van der Waals surface area contributed by atoms with Crippen LogP contribution in [0.3, 0.4) is 0 Å². The fourth-order valence-corrected chi connectivity index (χ4v) is 3.71. The van der Waals surface area contributed by atoms with E-state index in [0.29, 0.717) is 56.2 Å². The topological polar surface area (TPSA) is 78.0 Å². The van der Waals surface area contributed by atoms with Crippen molar-refractivity contribution in [1.29, 1.82) is 0 Å². The predicted octanol–water partition coefficient (Wildman–Crippen LogP) is 3.53. The number of nitrogens with zero attached hydrogens (tertiary/aromatic N) is 2. The summed E-state index contributed by atoms with van der Waals surface area (Å²) in [4.78, 5) is 31.0. The number of amides is 1. The van der Waals surface area contributed by atoms with Crippen molar-refractivity contribution >= 4 is 11.7 Å². The van der Waals surface area contributed by atoms with Crippen LogP contribution in [0.15, 0.2) is 36.5 Å². The standard InChI is InChI=1S/C22H21F3N2O5/c23-22(24,25)13-32-19-4-2-16(12-26-19)21(29)27-7-5-14(6-8-27)20(28)15-1-3-17-18(11-15)31-10-9-30-17/h1-4,11-12,14H,5-10,13H2. The number of carbonyl (C=O) groups excluding carboxylic acids is 2. The Morgan fingerprint density at radius 3 is 2.38 bits per heavy atom. The number of hydrogen-bond acceptors (Lipinski definition) is 6. The Hall–Kier alpha value is -3.30. The zero-order chi connectivity index (χ0) is 22.7. The second-order valence-corrected chi connectivity index (χ2v) is 7.58. The number of fused-ring (bicyclic) bond motifs is 1. The number of alkyl halides is 3. The molecule has 3 heterocycles. The maximum absolute atomic E-state index is 12.9. The van der Waals surface area contributed by atoms with Gasteiger partial charge in [-0.05, 0) is 37.1 Å². The Balaban J connectivity index is 1.32. The summed E-state index contributed by atoms with van der Waals surface area (Å²) < 4.78 is 52.2. The quantitative estimate of drug-likeness (QED) is 0.649. The Morgan fingerprint density at radius 2 is 1.72 bits per heavy atom. The van der Waals surface area contributed by atoms with E-state index < -0.39 is 12.8 Å². The van der Waals surface area contributed by atoms with Gasteiger partial charge in [-0.1, -0.05) is 0 Å². The largest absolute Gasteiger partial charge is 0.486 e. The van der Waals surface area contributed by atoms with E-state index >= 15 is 0 Å². The number of Topliss-reactive ketones (excluding diaryl/α,β-unsaturated/α-hetero) is 1. The third-order valence-electron chi connectivity index (χ3n) is 5.35. The highest BCUT2D eigenvalue weighted by Crippen LogP contribution is 2.32. The van der Waals surface area contributed by atoms with E-state index in [1.54, 1.807) is 23.1 Å². The highest BCUT2D eigenvalue weighted by molar-refractivity contribution is 5.99. The van der Waals surface area contributed by atoms with Crippen LogP contribution in [0.5, 0.6) is 17.4 Å². The van der Waals surface area contributed by atoms with Crippen LogP contribution in [0.2, 0.25) is 0 Å². The van der Waals surface area contributed by atoms with E-state index in [9.17, 15) is 22.8 Å². The minimum Gasteiger partial charge on any atom is -0.486 e. The molecule has 0 bridgehead atoms. The molecule has 1 aromatic carbocycles. The lowest BCUT2D eigenvalue weighted by atomic mass is 9.88. The summed E-state index contributed by atoms with van der Waals surface area (Å²) in [6, 6.07) is 7.77. The molecule has 4 rings (SSSR count). The molecule has 0 N–H and O–H groups in total. The van der Waals surface area contributed by atoms with Gasteiger partial charge in [0.15, 0.2) is 23.9 Å². The number of halogens is 3. The van der Waals surface area contributed by atoms with Gasteiger partial charge in [0, 0.05) is 36.8 Å². The Kier molecular flexibility index (Phi) is 6.20. The smallest absolute Gasteiger partial charge is 0.422 e. The molecule has 170 valence electrons. The van der Waals surface area contributed by atoms with Gasteiger partial charge in [0.25, 0.3) is 5.91 Å². The SMILES string of the molecule is O=C(c1ccc2c(c1)OCCO2)C1CCN(C(=O)c2ccc(OCC(F)(F)F)nc2)CC1. The number of carbonyl (C=O) groups is 2. The molecule has 7 nitrogen and oxygen atoms in total. The van der Waals surface area contributed by atoms with Gasteiger partial charge in [-0.2, -0.15) is 13.2 Å². The third kappa shape index (κ3) is 5.12. The molecule has 1 aromatic heterocycles. The molecule has 32 heavy (non-hydrogen) atoms. The van der Waals surface area contributed by atoms with E-state index in [1.807, 2.05) is 0 Å². The van der Waals surface area contributed by atoms with Gasteiger partial charge in [-0.25, -0.2) is 4.98 Å².